The first-order chi connectivity index (χ1) is 15.8. The van der Waals surface area contributed by atoms with Crippen molar-refractivity contribution in [1.82, 2.24) is 9.21 Å². The molecule has 9 nitrogen and oxygen atoms in total. The van der Waals surface area contributed by atoms with Gasteiger partial charge in [-0.1, -0.05) is 6.92 Å². The van der Waals surface area contributed by atoms with Crippen molar-refractivity contribution in [2.24, 2.45) is 0 Å². The molecule has 2 aliphatic heterocycles. The largest absolute Gasteiger partial charge is 0.484 e. The maximum Gasteiger partial charge on any atom is 0.265 e. The van der Waals surface area contributed by atoms with Crippen molar-refractivity contribution in [2.75, 3.05) is 38.1 Å². The van der Waals surface area contributed by atoms with Crippen LogP contribution in [0.5, 0.6) is 11.5 Å². The Balaban J connectivity index is 1.36. The summed E-state index contributed by atoms with van der Waals surface area (Å²) < 4.78 is 51.5. The van der Waals surface area contributed by atoms with Gasteiger partial charge < -0.3 is 19.7 Å². The van der Waals surface area contributed by atoms with Gasteiger partial charge in [0.1, 0.15) is 17.3 Å². The molecule has 1 fully saturated rings. The van der Waals surface area contributed by atoms with Crippen molar-refractivity contribution in [3.05, 3.63) is 48.3 Å². The van der Waals surface area contributed by atoms with Gasteiger partial charge in [-0.3, -0.25) is 9.59 Å². The van der Waals surface area contributed by atoms with Gasteiger partial charge in [0, 0.05) is 26.2 Å². The van der Waals surface area contributed by atoms with Gasteiger partial charge in [-0.2, -0.15) is 4.31 Å². The van der Waals surface area contributed by atoms with Crippen LogP contribution in [0.25, 0.3) is 0 Å². The summed E-state index contributed by atoms with van der Waals surface area (Å²) in [5, 5.41) is 2.69. The van der Waals surface area contributed by atoms with Gasteiger partial charge in [-0.15, -0.1) is 0 Å². The van der Waals surface area contributed by atoms with Crippen molar-refractivity contribution < 1.29 is 31.9 Å². The normalized spacial score (nSPS) is 18.8. The molecule has 2 aliphatic rings. The van der Waals surface area contributed by atoms with Crippen LogP contribution in [0.2, 0.25) is 0 Å². The van der Waals surface area contributed by atoms with Crippen LogP contribution in [-0.2, 0) is 19.6 Å². The highest BCUT2D eigenvalue weighted by Crippen LogP contribution is 2.33. The summed E-state index contributed by atoms with van der Waals surface area (Å²) in [5.41, 5.74) is 0.317. The van der Waals surface area contributed by atoms with E-state index in [2.05, 4.69) is 5.32 Å². The van der Waals surface area contributed by atoms with E-state index in [0.29, 0.717) is 23.6 Å². The van der Waals surface area contributed by atoms with Crippen LogP contribution in [0.3, 0.4) is 0 Å². The summed E-state index contributed by atoms with van der Waals surface area (Å²) in [4.78, 5) is 26.0. The minimum absolute atomic E-state index is 0.0412. The molecule has 33 heavy (non-hydrogen) atoms. The molecule has 2 heterocycles. The lowest BCUT2D eigenvalue weighted by Crippen LogP contribution is -2.51. The minimum atomic E-state index is -3.82. The number of amides is 2. The zero-order chi connectivity index (χ0) is 23.6. The summed E-state index contributed by atoms with van der Waals surface area (Å²) in [6, 6.07) is 9.72. The average Bonchev–Trinajstić information content (AvgIpc) is 2.82. The number of rotatable bonds is 6. The van der Waals surface area contributed by atoms with E-state index in [-0.39, 0.29) is 49.5 Å². The van der Waals surface area contributed by atoms with E-state index in [4.69, 9.17) is 9.47 Å². The number of anilines is 1. The Morgan fingerprint density at radius 1 is 1.15 bits per heavy atom. The predicted molar refractivity (Wildman–Crippen MR) is 117 cm³/mol. The van der Waals surface area contributed by atoms with Crippen LogP contribution >= 0.6 is 0 Å². The molecule has 1 N–H and O–H groups in total. The third-order valence-corrected chi connectivity index (χ3v) is 7.44. The molecule has 0 aliphatic carbocycles. The molecule has 1 atom stereocenters. The van der Waals surface area contributed by atoms with Gasteiger partial charge in [-0.25, -0.2) is 12.8 Å². The highest BCUT2D eigenvalue weighted by atomic mass is 32.2. The number of nitrogens with zero attached hydrogens (tertiary/aromatic N) is 2. The molecule has 0 spiro atoms. The predicted octanol–water partition coefficient (Wildman–Crippen LogP) is 1.85. The van der Waals surface area contributed by atoms with Crippen LogP contribution < -0.4 is 14.8 Å². The molecular formula is C22H24FN3O6S. The lowest BCUT2D eigenvalue weighted by molar-refractivity contribution is -0.134. The van der Waals surface area contributed by atoms with Crippen molar-refractivity contribution in [2.45, 2.75) is 24.3 Å². The Labute approximate surface area is 191 Å². The number of halogens is 1. The smallest absolute Gasteiger partial charge is 0.265 e. The zero-order valence-corrected chi connectivity index (χ0v) is 18.8. The van der Waals surface area contributed by atoms with E-state index in [1.165, 1.54) is 51.7 Å². The van der Waals surface area contributed by atoms with Crippen molar-refractivity contribution in [3.8, 4) is 11.5 Å². The second-order valence-corrected chi connectivity index (χ2v) is 9.63. The highest BCUT2D eigenvalue weighted by molar-refractivity contribution is 7.89. The van der Waals surface area contributed by atoms with Gasteiger partial charge in [-0.05, 0) is 48.9 Å². The van der Waals surface area contributed by atoms with Crippen LogP contribution in [0, 0.1) is 5.82 Å². The molecule has 2 amide bonds. The number of hydrogen-bond acceptors (Lipinski definition) is 6. The Morgan fingerprint density at radius 2 is 1.85 bits per heavy atom. The summed E-state index contributed by atoms with van der Waals surface area (Å²) >= 11 is 0. The Morgan fingerprint density at radius 3 is 2.52 bits per heavy atom. The van der Waals surface area contributed by atoms with Gasteiger partial charge in [0.15, 0.2) is 12.7 Å². The van der Waals surface area contributed by atoms with Crippen LogP contribution in [0.1, 0.15) is 13.3 Å². The quantitative estimate of drug-likeness (QED) is 0.681. The van der Waals surface area contributed by atoms with Crippen molar-refractivity contribution in [1.29, 1.82) is 0 Å². The van der Waals surface area contributed by atoms with E-state index in [1.807, 2.05) is 6.92 Å². The van der Waals surface area contributed by atoms with E-state index < -0.39 is 21.9 Å². The zero-order valence-electron chi connectivity index (χ0n) is 18.0. The number of fused-ring (bicyclic) bond motifs is 1. The number of hydrogen-bond donors (Lipinski definition) is 1. The first-order valence-electron chi connectivity index (χ1n) is 10.6. The molecule has 0 radical (unpaired) electrons. The summed E-state index contributed by atoms with van der Waals surface area (Å²) in [6.45, 7) is 2.29. The number of benzene rings is 2. The van der Waals surface area contributed by atoms with Gasteiger partial charge in [0.25, 0.3) is 11.8 Å². The third kappa shape index (κ3) is 4.93. The number of carbonyl (C=O) groups is 2. The third-order valence-electron chi connectivity index (χ3n) is 5.55. The molecule has 1 saturated heterocycles. The molecule has 11 heteroatoms. The molecule has 0 unspecified atom stereocenters. The van der Waals surface area contributed by atoms with Gasteiger partial charge in [0.2, 0.25) is 10.0 Å². The number of piperazine rings is 1. The number of carbonyl (C=O) groups excluding carboxylic acids is 2. The number of ether oxygens (including phenoxy) is 2. The number of nitrogens with one attached hydrogen (secondary N) is 1. The maximum absolute atomic E-state index is 13.1. The van der Waals surface area contributed by atoms with Gasteiger partial charge >= 0.3 is 0 Å². The Hall–Kier alpha value is -3.18. The van der Waals surface area contributed by atoms with Crippen LogP contribution in [-0.4, -0.2) is 68.3 Å². The molecule has 176 valence electrons. The summed E-state index contributed by atoms with van der Waals surface area (Å²) in [7, 11) is -3.82. The molecule has 2 aromatic rings. The highest BCUT2D eigenvalue weighted by Gasteiger charge is 2.32. The first kappa shape index (κ1) is 23.0. The fraction of sp³-hybridized carbons (Fsp3) is 0.364. The molecular weight excluding hydrogens is 453 g/mol. The fourth-order valence-corrected chi connectivity index (χ4v) is 5.10. The van der Waals surface area contributed by atoms with Crippen LogP contribution in [0.4, 0.5) is 10.1 Å². The minimum Gasteiger partial charge on any atom is -0.484 e. The topological polar surface area (TPSA) is 105 Å². The standard InChI is InChI=1S/C22H24FN3O6S/c1-2-19-22(28)24-18-13-17(7-8-20(18)32-19)33(29,30)26-11-9-25(10-12-26)21(27)14-31-16-5-3-15(23)4-6-16/h3-8,13,19H,2,9-12,14H2,1H3,(H,24,28)/t19-/m1/s1. The van der Waals surface area contributed by atoms with E-state index >= 15 is 0 Å². The summed E-state index contributed by atoms with van der Waals surface area (Å²) in [5.74, 6) is -0.188. The van der Waals surface area contributed by atoms with E-state index in [1.54, 1.807) is 0 Å². The Bertz CT molecular complexity index is 1150. The monoisotopic (exact) mass is 477 g/mol. The average molecular weight is 478 g/mol. The fourth-order valence-electron chi connectivity index (χ4n) is 3.65. The molecule has 0 saturated carbocycles. The molecule has 4 rings (SSSR count). The number of sulfonamides is 1. The van der Waals surface area contributed by atoms with Crippen molar-refractivity contribution in [3.63, 3.8) is 0 Å². The molecule has 0 bridgehead atoms. The SMILES string of the molecule is CC[C@H]1Oc2ccc(S(=O)(=O)N3CCN(C(=O)COc4ccc(F)cc4)CC3)cc2NC1=O. The lowest BCUT2D eigenvalue weighted by Gasteiger charge is -2.34. The van der Waals surface area contributed by atoms with E-state index in [0.717, 1.165) is 0 Å². The van der Waals surface area contributed by atoms with Crippen LogP contribution in [0.15, 0.2) is 47.4 Å². The van der Waals surface area contributed by atoms with E-state index in [9.17, 15) is 22.4 Å². The molecule has 2 aromatic carbocycles. The van der Waals surface area contributed by atoms with Crippen molar-refractivity contribution >= 4 is 27.5 Å². The first-order valence-corrected chi connectivity index (χ1v) is 12.0. The summed E-state index contributed by atoms with van der Waals surface area (Å²) in [6.07, 6.45) is -0.0962. The maximum atomic E-state index is 13.1. The van der Waals surface area contributed by atoms with Gasteiger partial charge in [0.05, 0.1) is 10.6 Å². The Kier molecular flexibility index (Phi) is 6.52. The second kappa shape index (κ2) is 9.36. The lowest BCUT2D eigenvalue weighted by atomic mass is 10.2. The molecule has 0 aromatic heterocycles. The second-order valence-electron chi connectivity index (χ2n) is 7.69.